The number of anilines is 3. The van der Waals surface area contributed by atoms with Crippen LogP contribution in [0.4, 0.5) is 17.3 Å². The molecule has 14 heteroatoms. The van der Waals surface area contributed by atoms with Gasteiger partial charge in [-0.1, -0.05) is 29.4 Å². The van der Waals surface area contributed by atoms with Crippen LogP contribution < -0.4 is 27.2 Å². The third-order valence-corrected chi connectivity index (χ3v) is 9.80. The Kier molecular flexibility index (Phi) is 7.53. The van der Waals surface area contributed by atoms with Crippen LogP contribution in [0.5, 0.6) is 5.88 Å². The summed E-state index contributed by atoms with van der Waals surface area (Å²) in [5.74, 6) is 0.0623. The number of aromatic hydroxyl groups is 1. The van der Waals surface area contributed by atoms with Crippen molar-refractivity contribution in [2.24, 2.45) is 11.1 Å². The minimum atomic E-state index is -0.790. The van der Waals surface area contributed by atoms with Crippen LogP contribution in [-0.2, 0) is 17.7 Å². The van der Waals surface area contributed by atoms with E-state index in [1.807, 2.05) is 0 Å². The molecule has 3 aliphatic rings. The quantitative estimate of drug-likeness (QED) is 0.340. The summed E-state index contributed by atoms with van der Waals surface area (Å²) in [6.45, 7) is 3.36. The largest absolute Gasteiger partial charge is 0.493 e. The predicted octanol–water partition coefficient (Wildman–Crippen LogP) is 2.66. The number of carbonyl (C=O) groups is 1. The SMILES string of the molecule is Nc1nc(N2CCC3(CC2)COC[C@H]3N)cnc1Sc1cccc(NC(=O)c2c(O)nc3n(c2=O)CCCC3)c1Cl. The van der Waals surface area contributed by atoms with E-state index in [1.54, 1.807) is 24.4 Å². The van der Waals surface area contributed by atoms with Crippen LogP contribution in [0.2, 0.25) is 5.02 Å². The minimum absolute atomic E-state index is 0.0334. The average molecular weight is 599 g/mol. The summed E-state index contributed by atoms with van der Waals surface area (Å²) in [6, 6.07) is 5.14. The van der Waals surface area contributed by atoms with Gasteiger partial charge in [-0.25, -0.2) is 9.97 Å². The molecule has 6 rings (SSSR count). The summed E-state index contributed by atoms with van der Waals surface area (Å²) in [6.07, 6.45) is 5.80. The van der Waals surface area contributed by atoms with Crippen molar-refractivity contribution in [3.63, 3.8) is 0 Å². The molecule has 1 atom stereocenters. The second-order valence-electron chi connectivity index (χ2n) is 10.7. The van der Waals surface area contributed by atoms with E-state index >= 15 is 0 Å². The summed E-state index contributed by atoms with van der Waals surface area (Å²) in [7, 11) is 0. The molecule has 1 spiro atoms. The number of aromatic nitrogens is 4. The Hall–Kier alpha value is -3.39. The number of rotatable bonds is 5. The smallest absolute Gasteiger partial charge is 0.270 e. The van der Waals surface area contributed by atoms with Gasteiger partial charge < -0.3 is 31.5 Å². The lowest BCUT2D eigenvalue weighted by Crippen LogP contribution is -2.49. The fraction of sp³-hybridized carbons (Fsp3) is 0.444. The molecule has 216 valence electrons. The van der Waals surface area contributed by atoms with Crippen LogP contribution in [-0.4, -0.2) is 62.9 Å². The van der Waals surface area contributed by atoms with E-state index in [2.05, 4.69) is 25.2 Å². The molecule has 0 aliphatic carbocycles. The van der Waals surface area contributed by atoms with Crippen LogP contribution >= 0.6 is 23.4 Å². The highest BCUT2D eigenvalue weighted by molar-refractivity contribution is 7.99. The number of nitrogens with one attached hydrogen (secondary N) is 1. The number of hydrogen-bond acceptors (Lipinski definition) is 11. The zero-order valence-electron chi connectivity index (χ0n) is 22.3. The van der Waals surface area contributed by atoms with E-state index in [-0.39, 0.29) is 28.0 Å². The molecular weight excluding hydrogens is 568 g/mol. The summed E-state index contributed by atoms with van der Waals surface area (Å²) >= 11 is 7.86. The fourth-order valence-electron chi connectivity index (χ4n) is 5.72. The van der Waals surface area contributed by atoms with Crippen molar-refractivity contribution in [3.8, 4) is 5.88 Å². The van der Waals surface area contributed by atoms with Gasteiger partial charge in [0.15, 0.2) is 11.4 Å². The van der Waals surface area contributed by atoms with Gasteiger partial charge in [0.2, 0.25) is 5.88 Å². The normalized spacial score (nSPS) is 19.8. The summed E-state index contributed by atoms with van der Waals surface area (Å²) in [5.41, 5.74) is 11.9. The Morgan fingerprint density at radius 3 is 2.76 bits per heavy atom. The minimum Gasteiger partial charge on any atom is -0.493 e. The summed E-state index contributed by atoms with van der Waals surface area (Å²) in [5, 5.41) is 13.7. The van der Waals surface area contributed by atoms with Gasteiger partial charge in [-0.3, -0.25) is 14.2 Å². The van der Waals surface area contributed by atoms with Crippen molar-refractivity contribution in [2.75, 3.05) is 42.3 Å². The topological polar surface area (TPSA) is 175 Å². The molecule has 6 N–H and O–H groups in total. The van der Waals surface area contributed by atoms with E-state index in [1.165, 1.54) is 16.3 Å². The Balaban J connectivity index is 1.16. The average Bonchev–Trinajstić information content (AvgIpc) is 3.31. The van der Waals surface area contributed by atoms with Crippen LogP contribution in [0.1, 0.15) is 41.9 Å². The third-order valence-electron chi connectivity index (χ3n) is 8.21. The monoisotopic (exact) mass is 598 g/mol. The van der Waals surface area contributed by atoms with Gasteiger partial charge in [0.25, 0.3) is 11.5 Å². The van der Waals surface area contributed by atoms with Crippen LogP contribution in [0.15, 0.2) is 39.1 Å². The lowest BCUT2D eigenvalue weighted by molar-refractivity contribution is 0.102. The number of fused-ring (bicyclic) bond motifs is 1. The molecule has 0 radical (unpaired) electrons. The molecule has 0 bridgehead atoms. The lowest BCUT2D eigenvalue weighted by atomic mass is 9.75. The molecule has 3 aliphatic heterocycles. The highest BCUT2D eigenvalue weighted by Crippen LogP contribution is 2.41. The second kappa shape index (κ2) is 11.1. The molecule has 2 aromatic heterocycles. The second-order valence-corrected chi connectivity index (χ2v) is 12.1. The number of nitrogens with two attached hydrogens (primary N) is 2. The van der Waals surface area contributed by atoms with E-state index < -0.39 is 22.9 Å². The maximum absolute atomic E-state index is 13.1. The van der Waals surface area contributed by atoms with E-state index in [4.69, 9.17) is 27.8 Å². The van der Waals surface area contributed by atoms with Crippen molar-refractivity contribution in [3.05, 3.63) is 51.2 Å². The first-order chi connectivity index (χ1) is 19.8. The number of piperidine rings is 1. The first-order valence-electron chi connectivity index (χ1n) is 13.6. The molecule has 0 saturated carbocycles. The Morgan fingerprint density at radius 2 is 2.02 bits per heavy atom. The number of benzene rings is 1. The number of hydrogen-bond donors (Lipinski definition) is 4. The van der Waals surface area contributed by atoms with Gasteiger partial charge in [0.05, 0.1) is 30.1 Å². The number of aryl methyl sites for hydroxylation is 1. The van der Waals surface area contributed by atoms with E-state index in [0.29, 0.717) is 47.7 Å². The van der Waals surface area contributed by atoms with Gasteiger partial charge in [-0.2, -0.15) is 4.98 Å². The number of nitrogens with zero attached hydrogens (tertiary/aromatic N) is 5. The first-order valence-corrected chi connectivity index (χ1v) is 14.8. The molecule has 0 unspecified atom stereocenters. The fourth-order valence-corrected chi connectivity index (χ4v) is 6.82. The highest BCUT2D eigenvalue weighted by Gasteiger charge is 2.44. The van der Waals surface area contributed by atoms with Gasteiger partial charge >= 0.3 is 0 Å². The molecule has 2 saturated heterocycles. The molecule has 3 aromatic rings. The van der Waals surface area contributed by atoms with Gasteiger partial charge in [-0.05, 0) is 37.8 Å². The van der Waals surface area contributed by atoms with Crippen molar-refractivity contribution in [2.45, 2.75) is 54.6 Å². The zero-order valence-corrected chi connectivity index (χ0v) is 23.9. The van der Waals surface area contributed by atoms with E-state index in [9.17, 15) is 14.7 Å². The predicted molar refractivity (Wildman–Crippen MR) is 156 cm³/mol. The summed E-state index contributed by atoms with van der Waals surface area (Å²) < 4.78 is 7.06. The Morgan fingerprint density at radius 1 is 1.22 bits per heavy atom. The first kappa shape index (κ1) is 27.8. The summed E-state index contributed by atoms with van der Waals surface area (Å²) in [4.78, 5) is 42.0. The van der Waals surface area contributed by atoms with Crippen molar-refractivity contribution < 1.29 is 14.6 Å². The Labute approximate surface area is 245 Å². The zero-order chi connectivity index (χ0) is 28.7. The number of ether oxygens (including phenoxy) is 1. The van der Waals surface area contributed by atoms with Crippen LogP contribution in [0, 0.1) is 5.41 Å². The van der Waals surface area contributed by atoms with Crippen molar-refractivity contribution >= 4 is 46.6 Å². The van der Waals surface area contributed by atoms with E-state index in [0.717, 1.165) is 38.8 Å². The number of nitrogen functional groups attached to an aromatic ring is 1. The van der Waals surface area contributed by atoms with Crippen molar-refractivity contribution in [1.29, 1.82) is 0 Å². The molecule has 1 aromatic carbocycles. The maximum atomic E-state index is 13.1. The van der Waals surface area contributed by atoms with Crippen molar-refractivity contribution in [1.82, 2.24) is 19.5 Å². The van der Waals surface area contributed by atoms with Gasteiger partial charge in [0, 0.05) is 42.4 Å². The molecule has 12 nitrogen and oxygen atoms in total. The molecule has 41 heavy (non-hydrogen) atoms. The van der Waals surface area contributed by atoms with Gasteiger partial charge in [0.1, 0.15) is 16.7 Å². The molecule has 5 heterocycles. The molecule has 1 amide bonds. The lowest BCUT2D eigenvalue weighted by Gasteiger charge is -2.41. The van der Waals surface area contributed by atoms with Crippen LogP contribution in [0.3, 0.4) is 0 Å². The maximum Gasteiger partial charge on any atom is 0.270 e. The number of carbonyl (C=O) groups excluding carboxylic acids is 1. The molecule has 2 fully saturated rings. The third kappa shape index (κ3) is 5.23. The number of halogens is 1. The number of amides is 1. The standard InChI is InChI=1S/C27H31ClN8O4S/c28-21-15(32-23(37)20-24(38)34-18-6-1-2-9-36(18)26(20)39)4-3-5-16(21)41-25-22(30)33-19(12-31-25)35-10-7-27(8-11-35)14-40-13-17(27)29/h3-5,12,17,38H,1-2,6-11,13-14,29H2,(H2,30,33)(H,32,37)/t17-/m1/s1. The van der Waals surface area contributed by atoms with Crippen LogP contribution in [0.25, 0.3) is 0 Å². The highest BCUT2D eigenvalue weighted by atomic mass is 35.5. The van der Waals surface area contributed by atoms with Gasteiger partial charge in [-0.15, -0.1) is 0 Å². The molecular formula is C27H31ClN8O4S. The Bertz CT molecular complexity index is 1560.